The number of nitrogens with one attached hydrogen (secondary N) is 1. The second kappa shape index (κ2) is 8.60. The molecule has 1 amide bonds. The molecular formula is C22H17Cl2N3O2S. The summed E-state index contributed by atoms with van der Waals surface area (Å²) < 4.78 is 1.30. The number of hydrogen-bond acceptors (Lipinski definition) is 4. The van der Waals surface area contributed by atoms with Crippen LogP contribution in [0, 0.1) is 0 Å². The van der Waals surface area contributed by atoms with Crippen LogP contribution in [0.25, 0.3) is 21.3 Å². The first-order chi connectivity index (χ1) is 14.5. The van der Waals surface area contributed by atoms with E-state index in [9.17, 15) is 9.59 Å². The van der Waals surface area contributed by atoms with E-state index in [4.69, 9.17) is 23.2 Å². The van der Waals surface area contributed by atoms with E-state index in [1.54, 1.807) is 18.2 Å². The molecule has 5 nitrogen and oxygen atoms in total. The summed E-state index contributed by atoms with van der Waals surface area (Å²) in [6.07, 6.45) is 2.34. The number of fused-ring (bicyclic) bond motifs is 1. The molecule has 0 bridgehead atoms. The molecule has 2 aromatic carbocycles. The third-order valence-electron chi connectivity index (χ3n) is 4.77. The molecule has 0 unspecified atom stereocenters. The van der Waals surface area contributed by atoms with Crippen molar-refractivity contribution in [2.24, 2.45) is 0 Å². The number of carbonyl (C=O) groups excluding carboxylic acids is 1. The van der Waals surface area contributed by atoms with Gasteiger partial charge in [-0.2, -0.15) is 0 Å². The summed E-state index contributed by atoms with van der Waals surface area (Å²) in [6.45, 7) is 1.91. The van der Waals surface area contributed by atoms with Crippen molar-refractivity contribution in [3.8, 4) is 11.1 Å². The Balaban J connectivity index is 1.65. The summed E-state index contributed by atoms with van der Waals surface area (Å²) >= 11 is 13.5. The summed E-state index contributed by atoms with van der Waals surface area (Å²) in [7, 11) is 0. The van der Waals surface area contributed by atoms with Gasteiger partial charge in [0.2, 0.25) is 5.91 Å². The van der Waals surface area contributed by atoms with Gasteiger partial charge >= 0.3 is 0 Å². The van der Waals surface area contributed by atoms with E-state index in [0.717, 1.165) is 17.5 Å². The lowest BCUT2D eigenvalue weighted by Crippen LogP contribution is -2.27. The molecule has 8 heteroatoms. The van der Waals surface area contributed by atoms with E-state index >= 15 is 0 Å². The number of rotatable bonds is 5. The average molecular weight is 458 g/mol. The predicted octanol–water partition coefficient (Wildman–Crippen LogP) is 5.63. The zero-order valence-corrected chi connectivity index (χ0v) is 18.3. The van der Waals surface area contributed by atoms with E-state index in [0.29, 0.717) is 20.9 Å². The van der Waals surface area contributed by atoms with E-state index < -0.39 is 5.91 Å². The Hall–Kier alpha value is -2.67. The topological polar surface area (TPSA) is 64.0 Å². The monoisotopic (exact) mass is 457 g/mol. The highest BCUT2D eigenvalue weighted by atomic mass is 35.5. The van der Waals surface area contributed by atoms with Gasteiger partial charge in [0.05, 0.1) is 27.4 Å². The van der Waals surface area contributed by atoms with Gasteiger partial charge in [-0.15, -0.1) is 11.3 Å². The first-order valence-electron chi connectivity index (χ1n) is 9.27. The quantitative estimate of drug-likeness (QED) is 0.422. The van der Waals surface area contributed by atoms with Crippen LogP contribution in [0.1, 0.15) is 12.5 Å². The van der Waals surface area contributed by atoms with Gasteiger partial charge in [-0.25, -0.2) is 4.98 Å². The first-order valence-corrected chi connectivity index (χ1v) is 10.9. The largest absolute Gasteiger partial charge is 0.323 e. The van der Waals surface area contributed by atoms with E-state index in [1.165, 1.54) is 27.8 Å². The van der Waals surface area contributed by atoms with Crippen LogP contribution < -0.4 is 10.9 Å². The molecule has 0 spiro atoms. The Kier molecular flexibility index (Phi) is 5.90. The van der Waals surface area contributed by atoms with Crippen LogP contribution >= 0.6 is 34.5 Å². The fourth-order valence-corrected chi connectivity index (χ4v) is 4.41. The predicted molar refractivity (Wildman–Crippen MR) is 124 cm³/mol. The third kappa shape index (κ3) is 3.99. The summed E-state index contributed by atoms with van der Waals surface area (Å²) in [5, 5.41) is 5.72. The molecule has 0 saturated carbocycles. The molecule has 0 radical (unpaired) electrons. The van der Waals surface area contributed by atoms with Gasteiger partial charge in [-0.3, -0.25) is 14.2 Å². The third-order valence-corrected chi connectivity index (χ3v) is 6.48. The minimum absolute atomic E-state index is 0.186. The molecule has 0 aliphatic carbocycles. The summed E-state index contributed by atoms with van der Waals surface area (Å²) in [6, 6.07) is 13.1. The van der Waals surface area contributed by atoms with Crippen molar-refractivity contribution in [3.63, 3.8) is 0 Å². The van der Waals surface area contributed by atoms with Crippen molar-refractivity contribution in [2.75, 3.05) is 5.32 Å². The maximum Gasteiger partial charge on any atom is 0.263 e. The highest BCUT2D eigenvalue weighted by molar-refractivity contribution is 7.17. The maximum atomic E-state index is 13.1. The van der Waals surface area contributed by atoms with Crippen molar-refractivity contribution in [2.45, 2.75) is 19.9 Å². The van der Waals surface area contributed by atoms with Crippen molar-refractivity contribution < 1.29 is 4.79 Å². The van der Waals surface area contributed by atoms with Crippen LogP contribution in [-0.2, 0) is 17.8 Å². The number of halogens is 2. The molecule has 0 saturated heterocycles. The minimum atomic E-state index is -0.397. The van der Waals surface area contributed by atoms with Gasteiger partial charge in [0.1, 0.15) is 11.4 Å². The number of carbonyl (C=O) groups is 1. The van der Waals surface area contributed by atoms with Gasteiger partial charge in [0, 0.05) is 10.9 Å². The normalized spacial score (nSPS) is 11.0. The molecule has 0 fully saturated rings. The lowest BCUT2D eigenvalue weighted by Gasteiger charge is -2.10. The Bertz CT molecular complexity index is 1300. The summed E-state index contributed by atoms with van der Waals surface area (Å²) in [5.74, 6) is -0.397. The average Bonchev–Trinajstić information content (AvgIpc) is 3.18. The second-order valence-electron chi connectivity index (χ2n) is 6.71. The lowest BCUT2D eigenvalue weighted by molar-refractivity contribution is -0.116. The Morgan fingerprint density at radius 1 is 1.17 bits per heavy atom. The van der Waals surface area contributed by atoms with Crippen molar-refractivity contribution >= 4 is 56.3 Å². The number of anilines is 1. The Morgan fingerprint density at radius 3 is 2.67 bits per heavy atom. The van der Waals surface area contributed by atoms with Gasteiger partial charge in [-0.1, -0.05) is 60.5 Å². The standard InChI is InChI=1S/C22H17Cl2N3O2S/c1-2-13-6-8-14(9-7-13)15-11-30-21-19(15)22(29)27(12-25-21)10-18(28)26-17-5-3-4-16(23)20(17)24/h3-9,11-12H,2,10H2,1H3,(H,26,28). The number of thiophene rings is 1. The molecular weight excluding hydrogens is 441 g/mol. The first kappa shape index (κ1) is 20.6. The highest BCUT2D eigenvalue weighted by Crippen LogP contribution is 2.31. The van der Waals surface area contributed by atoms with Crippen molar-refractivity contribution in [1.29, 1.82) is 0 Å². The van der Waals surface area contributed by atoms with Gasteiger partial charge in [0.15, 0.2) is 0 Å². The number of nitrogens with zero attached hydrogens (tertiary/aromatic N) is 2. The van der Waals surface area contributed by atoms with Gasteiger partial charge in [-0.05, 0) is 29.7 Å². The molecule has 2 heterocycles. The summed E-state index contributed by atoms with van der Waals surface area (Å²) in [5.41, 5.74) is 3.13. The molecule has 30 heavy (non-hydrogen) atoms. The smallest absolute Gasteiger partial charge is 0.263 e. The number of aryl methyl sites for hydroxylation is 1. The van der Waals surface area contributed by atoms with Crippen molar-refractivity contribution in [3.05, 3.63) is 80.1 Å². The highest BCUT2D eigenvalue weighted by Gasteiger charge is 2.15. The number of benzene rings is 2. The Labute approximate surface area is 186 Å². The maximum absolute atomic E-state index is 13.1. The second-order valence-corrected chi connectivity index (χ2v) is 8.35. The van der Waals surface area contributed by atoms with Crippen LogP contribution in [0.15, 0.2) is 59.0 Å². The molecule has 4 rings (SSSR count). The van der Waals surface area contributed by atoms with Crippen LogP contribution in [0.4, 0.5) is 5.69 Å². The van der Waals surface area contributed by atoms with Crippen LogP contribution in [0.5, 0.6) is 0 Å². The molecule has 4 aromatic rings. The molecule has 2 aromatic heterocycles. The summed E-state index contributed by atoms with van der Waals surface area (Å²) in [4.78, 5) is 30.6. The lowest BCUT2D eigenvalue weighted by atomic mass is 10.0. The van der Waals surface area contributed by atoms with Gasteiger partial charge < -0.3 is 5.32 Å². The number of aromatic nitrogens is 2. The number of hydrogen-bond donors (Lipinski definition) is 1. The van der Waals surface area contributed by atoms with Crippen LogP contribution in [0.2, 0.25) is 10.0 Å². The molecule has 1 N–H and O–H groups in total. The fraction of sp³-hybridized carbons (Fsp3) is 0.136. The zero-order valence-electron chi connectivity index (χ0n) is 16.0. The van der Waals surface area contributed by atoms with Crippen LogP contribution in [-0.4, -0.2) is 15.5 Å². The zero-order chi connectivity index (χ0) is 21.3. The fourth-order valence-electron chi connectivity index (χ4n) is 3.16. The molecule has 0 aliphatic heterocycles. The van der Waals surface area contributed by atoms with Crippen molar-refractivity contribution in [1.82, 2.24) is 9.55 Å². The molecule has 0 aliphatic rings. The molecule has 0 atom stereocenters. The molecule has 152 valence electrons. The van der Waals surface area contributed by atoms with Crippen LogP contribution in [0.3, 0.4) is 0 Å². The van der Waals surface area contributed by atoms with E-state index in [1.807, 2.05) is 17.5 Å². The SMILES string of the molecule is CCc1ccc(-c2csc3ncn(CC(=O)Nc4cccc(Cl)c4Cl)c(=O)c23)cc1. The van der Waals surface area contributed by atoms with E-state index in [-0.39, 0.29) is 17.1 Å². The minimum Gasteiger partial charge on any atom is -0.323 e. The van der Waals surface area contributed by atoms with Gasteiger partial charge in [0.25, 0.3) is 5.56 Å². The number of amides is 1. The Morgan fingerprint density at radius 2 is 1.93 bits per heavy atom. The van der Waals surface area contributed by atoms with E-state index in [2.05, 4.69) is 29.4 Å².